The smallest absolute Gasteiger partial charge is 0.408 e. The minimum Gasteiger partial charge on any atom is -0.466 e. The molecule has 0 saturated carbocycles. The van der Waals surface area contributed by atoms with Crippen LogP contribution < -0.4 is 10.6 Å². The lowest BCUT2D eigenvalue weighted by Crippen LogP contribution is -2.60. The molecule has 2 unspecified atom stereocenters. The summed E-state index contributed by atoms with van der Waals surface area (Å²) in [5.41, 5.74) is 1.04. The Morgan fingerprint density at radius 2 is 1.67 bits per heavy atom. The number of aryl methyl sites for hydroxylation is 1. The molecule has 1 aliphatic heterocycles. The quantitative estimate of drug-likeness (QED) is 0.293. The SMILES string of the molecule is CCOC(=O)C1CCCN(C(=O)C(Cc2c[nH]c3ccccc23)NC(=O)C(C)(C)NC(=O)OC(C)(C)C)C1.Cc1ccccc1. The number of hydrogen-bond acceptors (Lipinski definition) is 6. The number of aromatic amines is 1. The second-order valence-corrected chi connectivity index (χ2v) is 12.9. The largest absolute Gasteiger partial charge is 0.466 e. The van der Waals surface area contributed by atoms with Gasteiger partial charge in [0.2, 0.25) is 11.8 Å². The normalized spacial score (nSPS) is 15.7. The average molecular weight is 621 g/mol. The first-order chi connectivity index (χ1) is 21.2. The van der Waals surface area contributed by atoms with Crippen LogP contribution in [0.5, 0.6) is 0 Å². The van der Waals surface area contributed by atoms with Crippen LogP contribution in [-0.4, -0.2) is 70.6 Å². The lowest BCUT2D eigenvalue weighted by molar-refractivity contribution is -0.152. The van der Waals surface area contributed by atoms with Crippen molar-refractivity contribution < 1.29 is 28.7 Å². The second-order valence-electron chi connectivity index (χ2n) is 12.9. The van der Waals surface area contributed by atoms with Gasteiger partial charge in [0.1, 0.15) is 17.2 Å². The third-order valence-corrected chi connectivity index (χ3v) is 7.38. The van der Waals surface area contributed by atoms with Gasteiger partial charge in [-0.05, 0) is 72.9 Å². The molecule has 1 fully saturated rings. The number of hydrogen-bond donors (Lipinski definition) is 3. The number of para-hydroxylation sites is 1. The molecule has 1 aromatic heterocycles. The van der Waals surface area contributed by atoms with Gasteiger partial charge in [0, 0.05) is 36.6 Å². The Bertz CT molecular complexity index is 1440. The fourth-order valence-corrected chi connectivity index (χ4v) is 5.06. The molecule has 2 heterocycles. The molecule has 4 rings (SSSR count). The number of likely N-dealkylation sites (tertiary alicyclic amines) is 1. The van der Waals surface area contributed by atoms with Crippen molar-refractivity contribution >= 4 is 34.8 Å². The number of amides is 3. The highest BCUT2D eigenvalue weighted by Crippen LogP contribution is 2.23. The summed E-state index contributed by atoms with van der Waals surface area (Å²) in [4.78, 5) is 56.7. The standard InChI is InChI=1S/C28H40N4O6.C7H8/c1-7-37-24(34)18-11-10-14-32(17-18)23(33)22(15-19-16-29-21-13-9-8-12-20(19)21)30-25(35)28(5,6)31-26(36)38-27(2,3)4;1-7-5-3-2-4-6-7/h8-9,12-13,16,18,22,29H,7,10-11,14-15,17H2,1-6H3,(H,30,35)(H,31,36);2-6H,1H3. The molecule has 0 spiro atoms. The first-order valence-electron chi connectivity index (χ1n) is 15.5. The zero-order valence-corrected chi connectivity index (χ0v) is 27.6. The highest BCUT2D eigenvalue weighted by Gasteiger charge is 2.37. The Hall–Kier alpha value is -4.34. The summed E-state index contributed by atoms with van der Waals surface area (Å²) in [5.74, 6) is -1.53. The van der Waals surface area contributed by atoms with E-state index in [1.807, 2.05) is 48.7 Å². The summed E-state index contributed by atoms with van der Waals surface area (Å²) in [6.45, 7) is 13.1. The zero-order valence-electron chi connectivity index (χ0n) is 27.6. The van der Waals surface area contributed by atoms with Crippen LogP contribution in [0.15, 0.2) is 60.8 Å². The summed E-state index contributed by atoms with van der Waals surface area (Å²) in [5, 5.41) is 6.41. The molecule has 0 bridgehead atoms. The fraction of sp³-hybridized carbons (Fsp3) is 0.486. The number of H-pyrrole nitrogens is 1. The Balaban J connectivity index is 0.000000693. The number of aromatic nitrogens is 1. The first kappa shape index (κ1) is 35.1. The maximum absolute atomic E-state index is 13.8. The number of piperidine rings is 1. The number of carbonyl (C=O) groups is 4. The number of benzene rings is 2. The van der Waals surface area contributed by atoms with E-state index < -0.39 is 35.1 Å². The molecule has 45 heavy (non-hydrogen) atoms. The molecule has 10 heteroatoms. The minimum atomic E-state index is -1.35. The minimum absolute atomic E-state index is 0.234. The van der Waals surface area contributed by atoms with Crippen LogP contribution in [0.3, 0.4) is 0 Å². The molecule has 2 atom stereocenters. The van der Waals surface area contributed by atoms with Crippen LogP contribution in [0, 0.1) is 12.8 Å². The molecule has 10 nitrogen and oxygen atoms in total. The van der Waals surface area contributed by atoms with Crippen molar-refractivity contribution in [2.45, 2.75) is 84.9 Å². The summed E-state index contributed by atoms with van der Waals surface area (Å²) in [6.07, 6.45) is 2.64. The predicted octanol–water partition coefficient (Wildman–Crippen LogP) is 5.30. The van der Waals surface area contributed by atoms with Crippen molar-refractivity contribution in [3.05, 3.63) is 71.9 Å². The number of nitrogens with one attached hydrogen (secondary N) is 3. The Labute approximate surface area is 266 Å². The maximum atomic E-state index is 13.8. The van der Waals surface area contributed by atoms with Crippen LogP contribution >= 0.6 is 0 Å². The van der Waals surface area contributed by atoms with Crippen molar-refractivity contribution in [3.63, 3.8) is 0 Å². The molecule has 3 aromatic rings. The van der Waals surface area contributed by atoms with E-state index in [1.165, 1.54) is 5.56 Å². The van der Waals surface area contributed by atoms with Crippen molar-refractivity contribution in [2.24, 2.45) is 5.92 Å². The average Bonchev–Trinajstić information content (AvgIpc) is 3.38. The Morgan fingerprint density at radius 3 is 2.29 bits per heavy atom. The monoisotopic (exact) mass is 620 g/mol. The third-order valence-electron chi connectivity index (χ3n) is 7.38. The van der Waals surface area contributed by atoms with Crippen LogP contribution in [0.2, 0.25) is 0 Å². The van der Waals surface area contributed by atoms with Gasteiger partial charge in [0.15, 0.2) is 0 Å². The highest BCUT2D eigenvalue weighted by atomic mass is 16.6. The molecule has 2 aromatic carbocycles. The summed E-state index contributed by atoms with van der Waals surface area (Å²) >= 11 is 0. The van der Waals surface area contributed by atoms with E-state index in [9.17, 15) is 19.2 Å². The van der Waals surface area contributed by atoms with Crippen LogP contribution in [-0.2, 0) is 30.3 Å². The van der Waals surface area contributed by atoms with Gasteiger partial charge in [0.25, 0.3) is 0 Å². The molecule has 3 N–H and O–H groups in total. The van der Waals surface area contributed by atoms with E-state index in [0.29, 0.717) is 19.4 Å². The number of ether oxygens (including phenoxy) is 2. The molecular weight excluding hydrogens is 572 g/mol. The lowest BCUT2D eigenvalue weighted by Gasteiger charge is -2.35. The molecule has 244 valence electrons. The van der Waals surface area contributed by atoms with E-state index in [0.717, 1.165) is 16.5 Å². The summed E-state index contributed by atoms with van der Waals surface area (Å²) in [6, 6.07) is 17.1. The van der Waals surface area contributed by atoms with E-state index in [1.54, 1.807) is 46.4 Å². The molecule has 1 saturated heterocycles. The van der Waals surface area contributed by atoms with E-state index in [4.69, 9.17) is 9.47 Å². The van der Waals surface area contributed by atoms with Gasteiger partial charge in [0.05, 0.1) is 12.5 Å². The predicted molar refractivity (Wildman–Crippen MR) is 174 cm³/mol. The number of fused-ring (bicyclic) bond motifs is 1. The van der Waals surface area contributed by atoms with Gasteiger partial charge in [-0.25, -0.2) is 4.79 Å². The number of rotatable bonds is 8. The van der Waals surface area contributed by atoms with Gasteiger partial charge in [-0.2, -0.15) is 0 Å². The zero-order chi connectivity index (χ0) is 33.2. The summed E-state index contributed by atoms with van der Waals surface area (Å²) < 4.78 is 10.5. The molecule has 0 radical (unpaired) electrons. The molecular formula is C35H48N4O6. The third kappa shape index (κ3) is 10.7. The van der Waals surface area contributed by atoms with E-state index in [-0.39, 0.29) is 31.4 Å². The Morgan fingerprint density at radius 1 is 1.00 bits per heavy atom. The second kappa shape index (κ2) is 15.6. The van der Waals surface area contributed by atoms with Gasteiger partial charge >= 0.3 is 12.1 Å². The van der Waals surface area contributed by atoms with E-state index in [2.05, 4.69) is 34.7 Å². The summed E-state index contributed by atoms with van der Waals surface area (Å²) in [7, 11) is 0. The van der Waals surface area contributed by atoms with Crippen molar-refractivity contribution in [2.75, 3.05) is 19.7 Å². The molecule has 3 amide bonds. The number of alkyl carbamates (subject to hydrolysis) is 1. The van der Waals surface area contributed by atoms with E-state index >= 15 is 0 Å². The lowest BCUT2D eigenvalue weighted by atomic mass is 9.96. The maximum Gasteiger partial charge on any atom is 0.408 e. The highest BCUT2D eigenvalue weighted by molar-refractivity contribution is 5.94. The molecule has 0 aliphatic carbocycles. The van der Waals surface area contributed by atoms with Gasteiger partial charge in [-0.1, -0.05) is 54.1 Å². The van der Waals surface area contributed by atoms with Gasteiger partial charge in [-0.15, -0.1) is 0 Å². The first-order valence-corrected chi connectivity index (χ1v) is 15.5. The van der Waals surface area contributed by atoms with Crippen LogP contribution in [0.1, 0.15) is 65.5 Å². The van der Waals surface area contributed by atoms with Crippen molar-refractivity contribution in [1.82, 2.24) is 20.5 Å². The van der Waals surface area contributed by atoms with Crippen molar-refractivity contribution in [3.8, 4) is 0 Å². The number of nitrogens with zero attached hydrogens (tertiary/aromatic N) is 1. The molecule has 1 aliphatic rings. The topological polar surface area (TPSA) is 130 Å². The number of carbonyl (C=O) groups excluding carboxylic acids is 4. The van der Waals surface area contributed by atoms with Crippen LogP contribution in [0.4, 0.5) is 4.79 Å². The Kier molecular flexibility index (Phi) is 12.2. The van der Waals surface area contributed by atoms with Crippen LogP contribution in [0.25, 0.3) is 10.9 Å². The van der Waals surface area contributed by atoms with Gasteiger partial charge < -0.3 is 30.0 Å². The van der Waals surface area contributed by atoms with Crippen molar-refractivity contribution in [1.29, 1.82) is 0 Å². The van der Waals surface area contributed by atoms with Gasteiger partial charge in [-0.3, -0.25) is 14.4 Å². The number of esters is 1. The fourth-order valence-electron chi connectivity index (χ4n) is 5.06.